The summed E-state index contributed by atoms with van der Waals surface area (Å²) in [5, 5.41) is 13.6. The van der Waals surface area contributed by atoms with E-state index in [2.05, 4.69) is 27.0 Å². The highest BCUT2D eigenvalue weighted by molar-refractivity contribution is 9.10. The van der Waals surface area contributed by atoms with Crippen LogP contribution in [0.4, 0.5) is 0 Å². The lowest BCUT2D eigenvalue weighted by Gasteiger charge is -2.02. The topological polar surface area (TPSA) is 80.0 Å². The third-order valence-electron chi connectivity index (χ3n) is 4.95. The minimum Gasteiger partial charge on any atom is -0.457 e. The van der Waals surface area contributed by atoms with E-state index in [0.717, 1.165) is 9.86 Å². The molecule has 3 aromatic heterocycles. The Kier molecular flexibility index (Phi) is 6.15. The Bertz CT molecular complexity index is 1670. The maximum atomic E-state index is 12.5. The van der Waals surface area contributed by atoms with E-state index in [1.165, 1.54) is 11.3 Å². The van der Waals surface area contributed by atoms with Crippen molar-refractivity contribution in [3.8, 4) is 28.7 Å². The van der Waals surface area contributed by atoms with Crippen molar-refractivity contribution in [2.24, 2.45) is 0 Å². The molecule has 0 bridgehead atoms. The Morgan fingerprint density at radius 3 is 2.65 bits per heavy atom. The fraction of sp³-hybridized carbons (Fsp3) is 0. The fourth-order valence-electron chi connectivity index (χ4n) is 3.38. The minimum atomic E-state index is -0.499. The summed E-state index contributed by atoms with van der Waals surface area (Å²) in [7, 11) is 0. The van der Waals surface area contributed by atoms with Crippen LogP contribution in [0.2, 0.25) is 10.0 Å². The molecule has 5 rings (SSSR count). The van der Waals surface area contributed by atoms with Crippen LogP contribution < -0.4 is 5.63 Å². The van der Waals surface area contributed by atoms with E-state index in [9.17, 15) is 10.1 Å². The molecule has 0 saturated heterocycles. The summed E-state index contributed by atoms with van der Waals surface area (Å²) in [4.78, 5) is 17.0. The average Bonchev–Trinajstić information content (AvgIpc) is 3.47. The summed E-state index contributed by atoms with van der Waals surface area (Å²) in [5.41, 5.74) is 1.60. The third-order valence-corrected chi connectivity index (χ3v) is 6.95. The van der Waals surface area contributed by atoms with Crippen LogP contribution in [0, 0.1) is 11.3 Å². The monoisotopic (exact) mass is 568 g/mol. The number of aromatic nitrogens is 1. The van der Waals surface area contributed by atoms with E-state index in [0.29, 0.717) is 49.0 Å². The van der Waals surface area contributed by atoms with E-state index >= 15 is 0 Å². The quantitative estimate of drug-likeness (QED) is 0.160. The molecular formula is C25H11BrCl2N2O3S. The molecule has 0 aliphatic carbocycles. The van der Waals surface area contributed by atoms with Crippen LogP contribution in [-0.4, -0.2) is 4.98 Å². The predicted molar refractivity (Wildman–Crippen MR) is 139 cm³/mol. The first kappa shape index (κ1) is 22.6. The zero-order chi connectivity index (χ0) is 23.8. The molecule has 0 radical (unpaired) electrons. The van der Waals surface area contributed by atoms with Crippen molar-refractivity contribution in [2.45, 2.75) is 0 Å². The van der Waals surface area contributed by atoms with Crippen molar-refractivity contribution >= 4 is 73.1 Å². The highest BCUT2D eigenvalue weighted by Gasteiger charge is 2.16. The molecule has 0 saturated carbocycles. The van der Waals surface area contributed by atoms with Crippen LogP contribution in [0.15, 0.2) is 78.1 Å². The molecule has 166 valence electrons. The lowest BCUT2D eigenvalue weighted by molar-refractivity contribution is 0.563. The molecule has 34 heavy (non-hydrogen) atoms. The van der Waals surface area contributed by atoms with Gasteiger partial charge in [-0.05, 0) is 48.5 Å². The molecule has 5 aromatic rings. The Hall–Kier alpha value is -3.15. The first-order chi connectivity index (χ1) is 16.4. The molecule has 0 amide bonds. The maximum Gasteiger partial charge on any atom is 0.345 e. The van der Waals surface area contributed by atoms with Crippen LogP contribution >= 0.6 is 50.5 Å². The van der Waals surface area contributed by atoms with E-state index in [-0.39, 0.29) is 5.57 Å². The van der Waals surface area contributed by atoms with Crippen LogP contribution in [0.25, 0.3) is 45.2 Å². The molecule has 0 atom stereocenters. The average molecular weight is 570 g/mol. The van der Waals surface area contributed by atoms with Gasteiger partial charge in [-0.2, -0.15) is 5.26 Å². The zero-order valence-corrected chi connectivity index (χ0v) is 20.9. The Balaban J connectivity index is 1.50. The highest BCUT2D eigenvalue weighted by Crippen LogP contribution is 2.36. The Labute approximate surface area is 215 Å². The third kappa shape index (κ3) is 4.33. The fourth-order valence-corrected chi connectivity index (χ4v) is 5.12. The molecule has 0 N–H and O–H groups in total. The second-order valence-corrected chi connectivity index (χ2v) is 9.72. The number of nitriles is 1. The van der Waals surface area contributed by atoms with Gasteiger partial charge in [0, 0.05) is 21.3 Å². The zero-order valence-electron chi connectivity index (χ0n) is 17.0. The van der Waals surface area contributed by atoms with Crippen LogP contribution in [0.3, 0.4) is 0 Å². The summed E-state index contributed by atoms with van der Waals surface area (Å²) < 4.78 is 12.2. The van der Waals surface area contributed by atoms with Gasteiger partial charge in [0.1, 0.15) is 28.2 Å². The summed E-state index contributed by atoms with van der Waals surface area (Å²) in [6.07, 6.45) is 1.58. The molecule has 0 aliphatic heterocycles. The Morgan fingerprint density at radius 1 is 1.09 bits per heavy atom. The molecule has 0 aliphatic rings. The van der Waals surface area contributed by atoms with Gasteiger partial charge in [-0.15, -0.1) is 11.3 Å². The van der Waals surface area contributed by atoms with Gasteiger partial charge in [-0.1, -0.05) is 45.2 Å². The van der Waals surface area contributed by atoms with Crippen molar-refractivity contribution in [1.82, 2.24) is 4.98 Å². The summed E-state index contributed by atoms with van der Waals surface area (Å²) in [5.74, 6) is 0.924. The number of nitrogens with zero attached hydrogens (tertiary/aromatic N) is 2. The molecule has 3 heterocycles. The summed E-state index contributed by atoms with van der Waals surface area (Å²) in [6, 6.07) is 17.9. The van der Waals surface area contributed by atoms with Crippen LogP contribution in [0.5, 0.6) is 0 Å². The van der Waals surface area contributed by atoms with E-state index in [1.54, 1.807) is 60.0 Å². The minimum absolute atomic E-state index is 0.287. The molecule has 0 unspecified atom stereocenters. The highest BCUT2D eigenvalue weighted by atomic mass is 79.9. The standard InChI is InChI=1S/C25H11BrCl2N2O3S/c26-15-4-6-21-13(8-15)10-17(25(31)33-21)20-12-34-24(30-20)14(11-29)9-16-5-7-22(32-16)23-18(27)2-1-3-19(23)28/h1-10,12H. The maximum absolute atomic E-state index is 12.5. The normalized spacial score (nSPS) is 11.6. The summed E-state index contributed by atoms with van der Waals surface area (Å²) >= 11 is 17.2. The van der Waals surface area contributed by atoms with E-state index in [4.69, 9.17) is 32.0 Å². The number of hydrogen-bond donors (Lipinski definition) is 0. The number of fused-ring (bicyclic) bond motifs is 1. The van der Waals surface area contributed by atoms with Gasteiger partial charge >= 0.3 is 5.63 Å². The van der Waals surface area contributed by atoms with Gasteiger partial charge in [-0.25, -0.2) is 9.78 Å². The van der Waals surface area contributed by atoms with Crippen molar-refractivity contribution in [3.05, 3.63) is 95.7 Å². The van der Waals surface area contributed by atoms with E-state index < -0.39 is 5.63 Å². The van der Waals surface area contributed by atoms with Gasteiger partial charge < -0.3 is 8.83 Å². The first-order valence-electron chi connectivity index (χ1n) is 9.78. The van der Waals surface area contributed by atoms with Crippen molar-refractivity contribution in [2.75, 3.05) is 0 Å². The molecule has 2 aromatic carbocycles. The first-order valence-corrected chi connectivity index (χ1v) is 12.2. The predicted octanol–water partition coefficient (Wildman–Crippen LogP) is 8.31. The largest absolute Gasteiger partial charge is 0.457 e. The van der Waals surface area contributed by atoms with Crippen molar-refractivity contribution < 1.29 is 8.83 Å². The SMILES string of the molecule is N#CC(=Cc1ccc(-c2c(Cl)cccc2Cl)o1)c1nc(-c2cc3cc(Br)ccc3oc2=O)cs1. The number of allylic oxidation sites excluding steroid dienone is 1. The number of thiazole rings is 1. The molecule has 0 fully saturated rings. The molecular weight excluding hydrogens is 559 g/mol. The van der Waals surface area contributed by atoms with Gasteiger partial charge in [0.2, 0.25) is 0 Å². The van der Waals surface area contributed by atoms with Crippen LogP contribution in [-0.2, 0) is 0 Å². The number of rotatable bonds is 4. The lowest BCUT2D eigenvalue weighted by atomic mass is 10.1. The molecule has 0 spiro atoms. The van der Waals surface area contributed by atoms with Crippen molar-refractivity contribution in [1.29, 1.82) is 5.26 Å². The van der Waals surface area contributed by atoms with Gasteiger partial charge in [-0.3, -0.25) is 0 Å². The van der Waals surface area contributed by atoms with Gasteiger partial charge in [0.25, 0.3) is 0 Å². The lowest BCUT2D eigenvalue weighted by Crippen LogP contribution is -2.02. The molecule has 5 nitrogen and oxygen atoms in total. The van der Waals surface area contributed by atoms with Crippen LogP contribution in [0.1, 0.15) is 10.8 Å². The Morgan fingerprint density at radius 2 is 1.88 bits per heavy atom. The smallest absolute Gasteiger partial charge is 0.345 e. The van der Waals surface area contributed by atoms with Crippen molar-refractivity contribution in [3.63, 3.8) is 0 Å². The van der Waals surface area contributed by atoms with E-state index in [1.807, 2.05) is 6.07 Å². The second-order valence-electron chi connectivity index (χ2n) is 7.14. The second kappa shape index (κ2) is 9.24. The van der Waals surface area contributed by atoms with Gasteiger partial charge in [0.05, 0.1) is 32.4 Å². The number of benzene rings is 2. The number of furan rings is 1. The molecule has 9 heteroatoms. The van der Waals surface area contributed by atoms with Gasteiger partial charge in [0.15, 0.2) is 0 Å². The summed E-state index contributed by atoms with van der Waals surface area (Å²) in [6.45, 7) is 0. The number of halogens is 3. The number of hydrogen-bond acceptors (Lipinski definition) is 6.